The lowest BCUT2D eigenvalue weighted by Crippen LogP contribution is -2.48. The Hall–Kier alpha value is -4.13. The first kappa shape index (κ1) is 25.0. The summed E-state index contributed by atoms with van der Waals surface area (Å²) in [5.41, 5.74) is -1.76. The largest absolute Gasteiger partial charge is 0.453 e. The van der Waals surface area contributed by atoms with Crippen LogP contribution in [-0.4, -0.2) is 42.4 Å². The van der Waals surface area contributed by atoms with Crippen molar-refractivity contribution in [2.45, 2.75) is 44.1 Å². The molecule has 0 bridgehead atoms. The van der Waals surface area contributed by atoms with Crippen LogP contribution in [0.25, 0.3) is 0 Å². The van der Waals surface area contributed by atoms with Crippen molar-refractivity contribution in [3.05, 3.63) is 71.8 Å². The summed E-state index contributed by atoms with van der Waals surface area (Å²) >= 11 is 0. The van der Waals surface area contributed by atoms with Gasteiger partial charge in [-0.2, -0.15) is 13.2 Å². The highest BCUT2D eigenvalue weighted by atomic mass is 19.4. The number of amides is 2. The number of alkyl halides is 3. The van der Waals surface area contributed by atoms with Gasteiger partial charge in [-0.3, -0.25) is 9.59 Å². The second-order valence-electron chi connectivity index (χ2n) is 8.21. The minimum atomic E-state index is -4.70. The zero-order chi connectivity index (χ0) is 25.9. The maximum absolute atomic E-state index is 13.4. The van der Waals surface area contributed by atoms with Gasteiger partial charge in [-0.15, -0.1) is 0 Å². The first-order valence-corrected chi connectivity index (χ1v) is 10.8. The number of aliphatic hydroxyl groups is 1. The van der Waals surface area contributed by atoms with Crippen molar-refractivity contribution in [2.24, 2.45) is 0 Å². The number of hydrogen-bond donors (Lipinski definition) is 3. The van der Waals surface area contributed by atoms with Crippen molar-refractivity contribution in [3.63, 3.8) is 0 Å². The van der Waals surface area contributed by atoms with E-state index in [0.29, 0.717) is 12.8 Å². The Morgan fingerprint density at radius 1 is 1.14 bits per heavy atom. The van der Waals surface area contributed by atoms with E-state index in [9.17, 15) is 27.9 Å². The molecule has 188 valence electrons. The van der Waals surface area contributed by atoms with Crippen molar-refractivity contribution in [2.75, 3.05) is 0 Å². The number of carbonyl (C=O) groups is 2. The lowest BCUT2D eigenvalue weighted by atomic mass is 10.1. The van der Waals surface area contributed by atoms with E-state index in [1.54, 1.807) is 0 Å². The zero-order valence-electron chi connectivity index (χ0n) is 18.9. The third-order valence-electron chi connectivity index (χ3n) is 5.47. The van der Waals surface area contributed by atoms with Gasteiger partial charge in [0.2, 0.25) is 5.91 Å². The SMILES string of the molecule is CC(O)c1ccc(Oc2cnc(CNC(=O)C3(NC(=O)c4cncnc4)CC3)nc2)c(C(F)(F)F)c1. The lowest BCUT2D eigenvalue weighted by Gasteiger charge is -2.17. The Morgan fingerprint density at radius 2 is 1.81 bits per heavy atom. The van der Waals surface area contributed by atoms with E-state index >= 15 is 0 Å². The minimum absolute atomic E-state index is 0.0450. The summed E-state index contributed by atoms with van der Waals surface area (Å²) in [4.78, 5) is 40.5. The van der Waals surface area contributed by atoms with Gasteiger partial charge >= 0.3 is 6.18 Å². The van der Waals surface area contributed by atoms with Crippen molar-refractivity contribution in [1.82, 2.24) is 30.6 Å². The molecular weight excluding hydrogens is 481 g/mol. The van der Waals surface area contributed by atoms with Crippen LogP contribution in [0.1, 0.15) is 53.2 Å². The van der Waals surface area contributed by atoms with Crippen molar-refractivity contribution in [1.29, 1.82) is 0 Å². The van der Waals surface area contributed by atoms with Crippen molar-refractivity contribution in [3.8, 4) is 11.5 Å². The second-order valence-corrected chi connectivity index (χ2v) is 8.21. The van der Waals surface area contributed by atoms with Gasteiger partial charge in [0, 0.05) is 12.4 Å². The fourth-order valence-electron chi connectivity index (χ4n) is 3.30. The highest BCUT2D eigenvalue weighted by Gasteiger charge is 2.51. The van der Waals surface area contributed by atoms with Crippen LogP contribution >= 0.6 is 0 Å². The molecule has 1 saturated carbocycles. The molecule has 2 heterocycles. The molecule has 3 aromatic rings. The summed E-state index contributed by atoms with van der Waals surface area (Å²) < 4.78 is 45.7. The topological polar surface area (TPSA) is 139 Å². The quantitative estimate of drug-likeness (QED) is 0.427. The van der Waals surface area contributed by atoms with Gasteiger partial charge in [-0.25, -0.2) is 19.9 Å². The molecule has 1 aromatic carbocycles. The smallest absolute Gasteiger partial charge is 0.419 e. The van der Waals surface area contributed by atoms with E-state index in [1.165, 1.54) is 44.1 Å². The fourth-order valence-corrected chi connectivity index (χ4v) is 3.30. The third-order valence-corrected chi connectivity index (χ3v) is 5.47. The van der Waals surface area contributed by atoms with Crippen LogP contribution in [0, 0.1) is 0 Å². The summed E-state index contributed by atoms with van der Waals surface area (Å²) in [6.45, 7) is 1.29. The molecule has 0 radical (unpaired) electrons. The number of benzene rings is 1. The van der Waals surface area contributed by atoms with E-state index in [-0.39, 0.29) is 29.2 Å². The molecule has 1 aliphatic carbocycles. The van der Waals surface area contributed by atoms with Gasteiger partial charge in [-0.1, -0.05) is 6.07 Å². The Morgan fingerprint density at radius 3 is 2.39 bits per heavy atom. The second kappa shape index (κ2) is 9.85. The minimum Gasteiger partial charge on any atom is -0.453 e. The van der Waals surface area contributed by atoms with Crippen molar-refractivity contribution < 1.29 is 32.6 Å². The molecule has 10 nitrogen and oxygen atoms in total. The number of carbonyl (C=O) groups excluding carboxylic acids is 2. The van der Waals surface area contributed by atoms with E-state index in [4.69, 9.17) is 4.74 Å². The summed E-state index contributed by atoms with van der Waals surface area (Å²) in [5.74, 6) is -1.21. The predicted molar refractivity (Wildman–Crippen MR) is 117 cm³/mol. The van der Waals surface area contributed by atoms with Crippen LogP contribution in [0.15, 0.2) is 49.3 Å². The molecule has 2 amide bonds. The summed E-state index contributed by atoms with van der Waals surface area (Å²) in [6, 6.07) is 3.27. The Labute approximate surface area is 203 Å². The van der Waals surface area contributed by atoms with Gasteiger partial charge in [0.25, 0.3) is 5.91 Å². The summed E-state index contributed by atoms with van der Waals surface area (Å²) in [6.07, 6.45) is 1.47. The maximum Gasteiger partial charge on any atom is 0.419 e. The van der Waals surface area contributed by atoms with E-state index in [1.807, 2.05) is 0 Å². The molecule has 0 aliphatic heterocycles. The highest BCUT2D eigenvalue weighted by Crippen LogP contribution is 2.39. The molecule has 0 saturated heterocycles. The predicted octanol–water partition coefficient (Wildman–Crippen LogP) is 2.71. The number of nitrogens with zero attached hydrogens (tertiary/aromatic N) is 4. The average molecular weight is 502 g/mol. The molecule has 13 heteroatoms. The number of ether oxygens (including phenoxy) is 1. The Bertz CT molecular complexity index is 1250. The first-order chi connectivity index (χ1) is 17.1. The van der Waals surface area contributed by atoms with Crippen LogP contribution in [0.3, 0.4) is 0 Å². The van der Waals surface area contributed by atoms with Crippen LogP contribution in [-0.2, 0) is 17.5 Å². The highest BCUT2D eigenvalue weighted by molar-refractivity contribution is 6.00. The number of rotatable bonds is 8. The van der Waals surface area contributed by atoms with Crippen LogP contribution in [0.5, 0.6) is 11.5 Å². The molecular formula is C23H21F3N6O4. The molecule has 1 aliphatic rings. The normalized spacial score (nSPS) is 15.0. The monoisotopic (exact) mass is 502 g/mol. The van der Waals surface area contributed by atoms with Gasteiger partial charge in [0.15, 0.2) is 5.75 Å². The molecule has 3 N–H and O–H groups in total. The summed E-state index contributed by atoms with van der Waals surface area (Å²) in [5, 5.41) is 14.9. The fraction of sp³-hybridized carbons (Fsp3) is 0.304. The number of aromatic nitrogens is 4. The lowest BCUT2D eigenvalue weighted by molar-refractivity contribution is -0.138. The molecule has 4 rings (SSSR count). The van der Waals surface area contributed by atoms with Gasteiger partial charge in [0.1, 0.15) is 23.4 Å². The Balaban J connectivity index is 1.36. The molecule has 1 unspecified atom stereocenters. The van der Waals surface area contributed by atoms with Crippen LogP contribution in [0.2, 0.25) is 0 Å². The number of nitrogens with one attached hydrogen (secondary N) is 2. The molecule has 0 spiro atoms. The Kier molecular flexibility index (Phi) is 6.84. The van der Waals surface area contributed by atoms with E-state index < -0.39 is 40.9 Å². The van der Waals surface area contributed by atoms with Gasteiger partial charge in [-0.05, 0) is 37.5 Å². The third kappa shape index (κ3) is 5.74. The molecule has 1 fully saturated rings. The van der Waals surface area contributed by atoms with E-state index in [2.05, 4.69) is 30.6 Å². The van der Waals surface area contributed by atoms with Gasteiger partial charge in [0.05, 0.1) is 36.2 Å². The zero-order valence-corrected chi connectivity index (χ0v) is 18.9. The molecule has 1 atom stereocenters. The maximum atomic E-state index is 13.4. The van der Waals surface area contributed by atoms with Crippen molar-refractivity contribution >= 4 is 11.8 Å². The van der Waals surface area contributed by atoms with Gasteiger partial charge < -0.3 is 20.5 Å². The molecule has 2 aromatic heterocycles. The standard InChI is InChI=1S/C23H21F3N6O4/c1-13(33)14-2-3-18(17(6-14)23(24,25)26)36-16-9-29-19(30-10-16)11-31-21(35)22(4-5-22)32-20(34)15-7-27-12-28-8-15/h2-3,6-10,12-13,33H,4-5,11H2,1H3,(H,31,35)(H,32,34). The number of hydrogen-bond acceptors (Lipinski definition) is 8. The average Bonchev–Trinajstić information content (AvgIpc) is 3.64. The first-order valence-electron chi connectivity index (χ1n) is 10.8. The van der Waals surface area contributed by atoms with Crippen LogP contribution < -0.4 is 15.4 Å². The number of halogens is 3. The van der Waals surface area contributed by atoms with Crippen LogP contribution in [0.4, 0.5) is 13.2 Å². The number of aliphatic hydroxyl groups excluding tert-OH is 1. The molecule has 36 heavy (non-hydrogen) atoms. The van der Waals surface area contributed by atoms with E-state index in [0.717, 1.165) is 12.1 Å². The summed E-state index contributed by atoms with van der Waals surface area (Å²) in [7, 11) is 0.